The molecule has 0 saturated carbocycles. The van der Waals surface area contributed by atoms with Crippen molar-refractivity contribution >= 4 is 32.8 Å². The summed E-state index contributed by atoms with van der Waals surface area (Å²) in [5.41, 5.74) is 0.700. The maximum Gasteiger partial charge on any atom is 0.338 e. The summed E-state index contributed by atoms with van der Waals surface area (Å²) in [5.74, 6) is -0.808. The van der Waals surface area contributed by atoms with Crippen molar-refractivity contribution < 1.29 is 22.9 Å². The second-order valence-corrected chi connectivity index (χ2v) is 8.64. The molecular formula is C18H14N2O6S2. The van der Waals surface area contributed by atoms with E-state index in [-0.39, 0.29) is 12.2 Å². The minimum atomic E-state index is -3.80. The van der Waals surface area contributed by atoms with Crippen LogP contribution in [0.2, 0.25) is 0 Å². The van der Waals surface area contributed by atoms with Crippen molar-refractivity contribution in [2.75, 3.05) is 6.26 Å². The number of hydrogen-bond acceptors (Lipinski definition) is 8. The van der Waals surface area contributed by atoms with Gasteiger partial charge in [0.2, 0.25) is 0 Å². The standard InChI is InChI=1S/C18H14N2O6S2/c1-28(24,25)16-8-7-13(9-15(16)20(22)23)18(21)26-10-14-11-27-17(19-14)12-5-3-2-4-6-12/h2-9,11H,10H2,1H3. The van der Waals surface area contributed by atoms with Crippen molar-refractivity contribution in [2.45, 2.75) is 11.5 Å². The molecule has 0 unspecified atom stereocenters. The van der Waals surface area contributed by atoms with Gasteiger partial charge in [0.1, 0.15) is 16.5 Å². The number of thiazole rings is 1. The lowest BCUT2D eigenvalue weighted by atomic mass is 10.2. The molecule has 0 aliphatic heterocycles. The number of carbonyl (C=O) groups is 1. The smallest absolute Gasteiger partial charge is 0.338 e. The average Bonchev–Trinajstić information content (AvgIpc) is 3.14. The number of aromatic nitrogens is 1. The first kappa shape index (κ1) is 19.6. The van der Waals surface area contributed by atoms with Crippen LogP contribution in [-0.2, 0) is 21.2 Å². The van der Waals surface area contributed by atoms with Crippen LogP contribution in [0.5, 0.6) is 0 Å². The summed E-state index contributed by atoms with van der Waals surface area (Å²) in [7, 11) is -3.80. The van der Waals surface area contributed by atoms with E-state index in [1.807, 2.05) is 30.3 Å². The Morgan fingerprint density at radius 1 is 1.21 bits per heavy atom. The number of rotatable bonds is 6. The third kappa shape index (κ3) is 4.41. The molecule has 3 aromatic rings. The highest BCUT2D eigenvalue weighted by Gasteiger charge is 2.24. The number of carbonyl (C=O) groups excluding carboxylic acids is 1. The van der Waals surface area contributed by atoms with Gasteiger partial charge in [-0.05, 0) is 12.1 Å². The number of hydrogen-bond donors (Lipinski definition) is 0. The highest BCUT2D eigenvalue weighted by Crippen LogP contribution is 2.26. The lowest BCUT2D eigenvalue weighted by Crippen LogP contribution is -2.08. The highest BCUT2D eigenvalue weighted by atomic mass is 32.2. The molecule has 0 bridgehead atoms. The molecule has 144 valence electrons. The summed E-state index contributed by atoms with van der Waals surface area (Å²) in [6.45, 7) is -0.107. The zero-order chi connectivity index (χ0) is 20.3. The second kappa shape index (κ2) is 7.87. The molecule has 0 aliphatic rings. The van der Waals surface area contributed by atoms with Crippen molar-refractivity contribution in [3.05, 3.63) is 75.3 Å². The van der Waals surface area contributed by atoms with Crippen molar-refractivity contribution in [1.82, 2.24) is 4.98 Å². The Morgan fingerprint density at radius 2 is 1.93 bits per heavy atom. The molecule has 1 aromatic heterocycles. The number of esters is 1. The third-order valence-corrected chi connectivity index (χ3v) is 5.80. The van der Waals surface area contributed by atoms with E-state index in [2.05, 4.69) is 4.98 Å². The van der Waals surface area contributed by atoms with Gasteiger partial charge < -0.3 is 4.74 Å². The van der Waals surface area contributed by atoms with Gasteiger partial charge >= 0.3 is 5.97 Å². The molecule has 8 nitrogen and oxygen atoms in total. The van der Waals surface area contributed by atoms with Crippen LogP contribution in [-0.4, -0.2) is 30.6 Å². The van der Waals surface area contributed by atoms with Crippen molar-refractivity contribution in [2.24, 2.45) is 0 Å². The Balaban J connectivity index is 1.74. The number of nitro benzene ring substituents is 1. The number of nitrogens with zero attached hydrogens (tertiary/aromatic N) is 2. The molecule has 2 aromatic carbocycles. The lowest BCUT2D eigenvalue weighted by molar-refractivity contribution is -0.387. The number of benzene rings is 2. The zero-order valence-corrected chi connectivity index (χ0v) is 16.2. The fourth-order valence-electron chi connectivity index (χ4n) is 2.41. The molecule has 10 heteroatoms. The van der Waals surface area contributed by atoms with Gasteiger partial charge in [-0.1, -0.05) is 30.3 Å². The monoisotopic (exact) mass is 418 g/mol. The van der Waals surface area contributed by atoms with Crippen LogP contribution in [0.25, 0.3) is 10.6 Å². The lowest BCUT2D eigenvalue weighted by Gasteiger charge is -2.05. The Kier molecular flexibility index (Phi) is 5.52. The number of ether oxygens (including phenoxy) is 1. The first-order chi connectivity index (χ1) is 13.3. The van der Waals surface area contributed by atoms with E-state index in [0.29, 0.717) is 5.69 Å². The Labute approximate surface area is 164 Å². The molecule has 0 amide bonds. The van der Waals surface area contributed by atoms with Crippen LogP contribution in [0.15, 0.2) is 58.8 Å². The van der Waals surface area contributed by atoms with Gasteiger partial charge in [-0.2, -0.15) is 0 Å². The van der Waals surface area contributed by atoms with E-state index < -0.39 is 31.3 Å². The van der Waals surface area contributed by atoms with Crippen LogP contribution >= 0.6 is 11.3 Å². The van der Waals surface area contributed by atoms with Crippen molar-refractivity contribution in [3.8, 4) is 10.6 Å². The van der Waals surface area contributed by atoms with E-state index >= 15 is 0 Å². The molecular weight excluding hydrogens is 404 g/mol. The second-order valence-electron chi connectivity index (χ2n) is 5.80. The molecule has 3 rings (SSSR count). The SMILES string of the molecule is CS(=O)(=O)c1ccc(C(=O)OCc2csc(-c3ccccc3)n2)cc1[N+](=O)[O-]. The quantitative estimate of drug-likeness (QED) is 0.342. The molecule has 0 saturated heterocycles. The van der Waals surface area contributed by atoms with Gasteiger partial charge in [-0.3, -0.25) is 10.1 Å². The van der Waals surface area contributed by atoms with Gasteiger partial charge in [-0.25, -0.2) is 18.2 Å². The maximum absolute atomic E-state index is 12.2. The van der Waals surface area contributed by atoms with E-state index in [0.717, 1.165) is 29.0 Å². The summed E-state index contributed by atoms with van der Waals surface area (Å²) in [6, 6.07) is 12.6. The normalized spacial score (nSPS) is 11.2. The molecule has 1 heterocycles. The summed E-state index contributed by atoms with van der Waals surface area (Å²) in [6.07, 6.45) is 0.861. The van der Waals surface area contributed by atoms with Crippen LogP contribution in [0.3, 0.4) is 0 Å². The molecule has 0 spiro atoms. The largest absolute Gasteiger partial charge is 0.456 e. The maximum atomic E-state index is 12.2. The molecule has 0 aliphatic carbocycles. The summed E-state index contributed by atoms with van der Waals surface area (Å²) in [5, 5.41) is 13.7. The average molecular weight is 418 g/mol. The minimum absolute atomic E-state index is 0.107. The van der Waals surface area contributed by atoms with E-state index in [1.54, 1.807) is 5.38 Å². The van der Waals surface area contributed by atoms with Gasteiger partial charge in [0.05, 0.1) is 16.2 Å². The van der Waals surface area contributed by atoms with E-state index in [9.17, 15) is 23.3 Å². The zero-order valence-electron chi connectivity index (χ0n) is 14.6. The van der Waals surface area contributed by atoms with Crippen molar-refractivity contribution in [3.63, 3.8) is 0 Å². The molecule has 0 radical (unpaired) electrons. The van der Waals surface area contributed by atoms with Crippen LogP contribution in [0.4, 0.5) is 5.69 Å². The van der Waals surface area contributed by atoms with Crippen LogP contribution in [0.1, 0.15) is 16.1 Å². The van der Waals surface area contributed by atoms with Crippen molar-refractivity contribution in [1.29, 1.82) is 0 Å². The Hall–Kier alpha value is -3.11. The fraction of sp³-hybridized carbons (Fsp3) is 0.111. The molecule has 0 atom stereocenters. The topological polar surface area (TPSA) is 116 Å². The van der Waals surface area contributed by atoms with Crippen LogP contribution < -0.4 is 0 Å². The van der Waals surface area contributed by atoms with Gasteiger partial charge in [0, 0.05) is 23.3 Å². The third-order valence-electron chi connectivity index (χ3n) is 3.71. The minimum Gasteiger partial charge on any atom is -0.456 e. The first-order valence-corrected chi connectivity index (χ1v) is 10.7. The Morgan fingerprint density at radius 3 is 2.57 bits per heavy atom. The number of nitro groups is 1. The fourth-order valence-corrected chi connectivity index (χ4v) is 4.05. The predicted octanol–water partition coefficient (Wildman–Crippen LogP) is 3.48. The summed E-state index contributed by atoms with van der Waals surface area (Å²) < 4.78 is 28.4. The highest BCUT2D eigenvalue weighted by molar-refractivity contribution is 7.90. The van der Waals surface area contributed by atoms with Crippen LogP contribution in [0, 0.1) is 10.1 Å². The predicted molar refractivity (Wildman–Crippen MR) is 103 cm³/mol. The molecule has 0 N–H and O–H groups in total. The Bertz CT molecular complexity index is 1140. The molecule has 28 heavy (non-hydrogen) atoms. The number of sulfone groups is 1. The summed E-state index contributed by atoms with van der Waals surface area (Å²) >= 11 is 1.40. The van der Waals surface area contributed by atoms with Gasteiger partial charge in [0.25, 0.3) is 5.69 Å². The van der Waals surface area contributed by atoms with E-state index in [4.69, 9.17) is 4.74 Å². The van der Waals surface area contributed by atoms with Gasteiger partial charge in [0.15, 0.2) is 9.84 Å². The van der Waals surface area contributed by atoms with Gasteiger partial charge in [-0.15, -0.1) is 11.3 Å². The summed E-state index contributed by atoms with van der Waals surface area (Å²) in [4.78, 5) is 26.4. The molecule has 0 fully saturated rings. The van der Waals surface area contributed by atoms with E-state index in [1.165, 1.54) is 17.4 Å². The first-order valence-electron chi connectivity index (χ1n) is 7.91.